The molecule has 0 unspecified atom stereocenters. The molecule has 2 fully saturated rings. The van der Waals surface area contributed by atoms with Crippen LogP contribution in [-0.2, 0) is 4.74 Å². The minimum Gasteiger partial charge on any atom is -0.381 e. The van der Waals surface area contributed by atoms with Crippen LogP contribution in [0.3, 0.4) is 0 Å². The van der Waals surface area contributed by atoms with Crippen LogP contribution in [0.4, 0.5) is 10.8 Å². The Bertz CT molecular complexity index is 1340. The van der Waals surface area contributed by atoms with Crippen molar-refractivity contribution in [2.75, 3.05) is 49.6 Å². The number of anilines is 2. The molecule has 0 amide bonds. The van der Waals surface area contributed by atoms with Gasteiger partial charge in [-0.25, -0.2) is 0 Å². The molecule has 0 atom stereocenters. The number of pyridine rings is 1. The number of rotatable bonds is 4. The third-order valence-corrected chi connectivity index (χ3v) is 7.36. The van der Waals surface area contributed by atoms with Crippen molar-refractivity contribution in [2.24, 2.45) is 0 Å². The summed E-state index contributed by atoms with van der Waals surface area (Å²) >= 11 is 1.60. The Hall–Kier alpha value is -3.26. The number of hydrogen-bond acceptors (Lipinski definition) is 9. The van der Waals surface area contributed by atoms with Crippen LogP contribution in [0.5, 0.6) is 0 Å². The first kappa shape index (κ1) is 20.4. The van der Waals surface area contributed by atoms with Crippen LogP contribution in [0.1, 0.15) is 18.4 Å². The summed E-state index contributed by atoms with van der Waals surface area (Å²) in [7, 11) is 0. The van der Waals surface area contributed by atoms with Crippen molar-refractivity contribution in [3.63, 3.8) is 0 Å². The molecule has 2 saturated heterocycles. The van der Waals surface area contributed by atoms with E-state index >= 15 is 0 Å². The summed E-state index contributed by atoms with van der Waals surface area (Å²) < 4.78 is 5.56. The quantitative estimate of drug-likeness (QED) is 0.426. The van der Waals surface area contributed by atoms with Gasteiger partial charge in [0.2, 0.25) is 5.13 Å². The fraction of sp³-hybridized carbons (Fsp3) is 0.391. The zero-order valence-corrected chi connectivity index (χ0v) is 18.9. The largest absolute Gasteiger partial charge is 0.381 e. The average Bonchev–Trinajstić information content (AvgIpc) is 3.50. The molecule has 3 N–H and O–H groups in total. The maximum atomic E-state index is 9.32. The standard InChI is InChI=1S/C23H24N8OS/c24-12-14-1-2-16-18(11-14)28-21-19(16)26-13-17(20(21)27-15-3-9-32-10-4-15)22-29-30-23(33-22)31-7-5-25-6-8-31/h1-2,11,13,15,25,28H,3-10H2,(H,26,27). The van der Waals surface area contributed by atoms with Crippen molar-refractivity contribution in [3.05, 3.63) is 30.0 Å². The Kier molecular flexibility index (Phi) is 5.30. The van der Waals surface area contributed by atoms with E-state index in [0.717, 1.165) is 95.6 Å². The second kappa shape index (κ2) is 8.59. The van der Waals surface area contributed by atoms with Crippen LogP contribution < -0.4 is 15.5 Å². The third-order valence-electron chi connectivity index (χ3n) is 6.34. The molecule has 2 aliphatic rings. The van der Waals surface area contributed by atoms with Gasteiger partial charge in [-0.2, -0.15) is 5.26 Å². The first-order valence-corrected chi connectivity index (χ1v) is 12.1. The summed E-state index contributed by atoms with van der Waals surface area (Å²) in [5, 5.41) is 28.3. The maximum Gasteiger partial charge on any atom is 0.208 e. The van der Waals surface area contributed by atoms with Gasteiger partial charge >= 0.3 is 0 Å². The fourth-order valence-corrected chi connectivity index (χ4v) is 5.47. The number of fused-ring (bicyclic) bond motifs is 3. The number of H-pyrrole nitrogens is 1. The van der Waals surface area contributed by atoms with E-state index in [1.807, 2.05) is 24.4 Å². The summed E-state index contributed by atoms with van der Waals surface area (Å²) in [5.41, 5.74) is 5.28. The van der Waals surface area contributed by atoms with Crippen LogP contribution in [-0.4, -0.2) is 65.6 Å². The molecule has 10 heteroatoms. The molecule has 6 rings (SSSR count). The van der Waals surface area contributed by atoms with Gasteiger partial charge in [0, 0.05) is 62.5 Å². The summed E-state index contributed by atoms with van der Waals surface area (Å²) in [6.07, 6.45) is 3.80. The molecule has 1 aromatic carbocycles. The summed E-state index contributed by atoms with van der Waals surface area (Å²) in [6, 6.07) is 8.20. The number of benzene rings is 1. The molecule has 0 spiro atoms. The molecule has 33 heavy (non-hydrogen) atoms. The number of aromatic nitrogens is 4. The molecule has 3 aromatic heterocycles. The maximum absolute atomic E-state index is 9.32. The zero-order chi connectivity index (χ0) is 22.2. The highest BCUT2D eigenvalue weighted by molar-refractivity contribution is 7.18. The van der Waals surface area contributed by atoms with Crippen LogP contribution >= 0.6 is 11.3 Å². The highest BCUT2D eigenvalue weighted by Gasteiger charge is 2.23. The van der Waals surface area contributed by atoms with E-state index in [-0.39, 0.29) is 0 Å². The van der Waals surface area contributed by atoms with Gasteiger partial charge in [-0.1, -0.05) is 11.3 Å². The lowest BCUT2D eigenvalue weighted by atomic mass is 10.1. The average molecular weight is 461 g/mol. The van der Waals surface area contributed by atoms with Gasteiger partial charge in [-0.3, -0.25) is 4.98 Å². The molecule has 2 aliphatic heterocycles. The third kappa shape index (κ3) is 3.78. The predicted molar refractivity (Wildman–Crippen MR) is 130 cm³/mol. The van der Waals surface area contributed by atoms with Gasteiger partial charge in [0.25, 0.3) is 0 Å². The number of nitriles is 1. The normalized spacial score (nSPS) is 17.5. The highest BCUT2D eigenvalue weighted by Crippen LogP contribution is 2.39. The number of nitrogens with one attached hydrogen (secondary N) is 3. The van der Waals surface area contributed by atoms with Crippen molar-refractivity contribution in [1.29, 1.82) is 5.26 Å². The van der Waals surface area contributed by atoms with Gasteiger partial charge in [0.05, 0.1) is 33.9 Å². The first-order chi connectivity index (χ1) is 16.3. The topological polar surface area (TPSA) is 115 Å². The van der Waals surface area contributed by atoms with E-state index in [1.165, 1.54) is 0 Å². The monoisotopic (exact) mass is 460 g/mol. The SMILES string of the molecule is N#Cc1ccc2c(c1)[nH]c1c(NC3CCOCC3)c(-c3nnc(N4CCNCC4)s3)cnc12. The number of aromatic amines is 1. The molecule has 0 aliphatic carbocycles. The second-order valence-electron chi connectivity index (χ2n) is 8.43. The van der Waals surface area contributed by atoms with E-state index in [9.17, 15) is 5.26 Å². The molecule has 9 nitrogen and oxygen atoms in total. The molecule has 0 bridgehead atoms. The number of nitrogens with zero attached hydrogens (tertiary/aromatic N) is 5. The van der Waals surface area contributed by atoms with E-state index in [4.69, 9.17) is 9.72 Å². The Morgan fingerprint density at radius 1 is 1.18 bits per heavy atom. The lowest BCUT2D eigenvalue weighted by Crippen LogP contribution is -2.43. The van der Waals surface area contributed by atoms with Gasteiger partial charge < -0.3 is 25.3 Å². The second-order valence-corrected chi connectivity index (χ2v) is 9.38. The van der Waals surface area contributed by atoms with E-state index in [1.54, 1.807) is 11.3 Å². The molecule has 0 radical (unpaired) electrons. The molecular weight excluding hydrogens is 436 g/mol. The van der Waals surface area contributed by atoms with Gasteiger partial charge in [0.15, 0.2) is 5.01 Å². The Labute approximate surface area is 194 Å². The van der Waals surface area contributed by atoms with Gasteiger partial charge in [-0.05, 0) is 31.0 Å². The van der Waals surface area contributed by atoms with E-state index in [0.29, 0.717) is 11.6 Å². The highest BCUT2D eigenvalue weighted by atomic mass is 32.1. The zero-order valence-electron chi connectivity index (χ0n) is 18.1. The van der Waals surface area contributed by atoms with Crippen molar-refractivity contribution in [1.82, 2.24) is 25.5 Å². The number of piperazine rings is 1. The molecular formula is C23H24N8OS. The summed E-state index contributed by atoms with van der Waals surface area (Å²) in [4.78, 5) is 10.6. The van der Waals surface area contributed by atoms with Gasteiger partial charge in [-0.15, -0.1) is 10.2 Å². The minimum absolute atomic E-state index is 0.310. The lowest BCUT2D eigenvalue weighted by molar-refractivity contribution is 0.0905. The summed E-state index contributed by atoms with van der Waals surface area (Å²) in [5.74, 6) is 0. The van der Waals surface area contributed by atoms with Crippen LogP contribution in [0.2, 0.25) is 0 Å². The Morgan fingerprint density at radius 3 is 2.85 bits per heavy atom. The van der Waals surface area contributed by atoms with Crippen molar-refractivity contribution < 1.29 is 4.74 Å². The van der Waals surface area contributed by atoms with Crippen molar-refractivity contribution >= 4 is 44.1 Å². The molecule has 168 valence electrons. The first-order valence-electron chi connectivity index (χ1n) is 11.3. The number of hydrogen-bond donors (Lipinski definition) is 3. The van der Waals surface area contributed by atoms with Crippen LogP contribution in [0.15, 0.2) is 24.4 Å². The molecule has 5 heterocycles. The van der Waals surface area contributed by atoms with Crippen molar-refractivity contribution in [2.45, 2.75) is 18.9 Å². The molecule has 4 aromatic rings. The minimum atomic E-state index is 0.310. The lowest BCUT2D eigenvalue weighted by Gasteiger charge is -2.26. The predicted octanol–water partition coefficient (Wildman–Crippen LogP) is 3.11. The Balaban J connectivity index is 1.47. The van der Waals surface area contributed by atoms with Crippen molar-refractivity contribution in [3.8, 4) is 16.6 Å². The molecule has 0 saturated carbocycles. The van der Waals surface area contributed by atoms with Crippen LogP contribution in [0, 0.1) is 11.3 Å². The Morgan fingerprint density at radius 2 is 2.03 bits per heavy atom. The fourth-order valence-electron chi connectivity index (χ4n) is 4.56. The number of ether oxygens (including phenoxy) is 1. The van der Waals surface area contributed by atoms with Crippen LogP contribution in [0.25, 0.3) is 32.5 Å². The smallest absolute Gasteiger partial charge is 0.208 e. The van der Waals surface area contributed by atoms with E-state index in [2.05, 4.69) is 36.8 Å². The van der Waals surface area contributed by atoms with Gasteiger partial charge in [0.1, 0.15) is 0 Å². The summed E-state index contributed by atoms with van der Waals surface area (Å²) in [6.45, 7) is 5.29. The van der Waals surface area contributed by atoms with E-state index < -0.39 is 0 Å².